The summed E-state index contributed by atoms with van der Waals surface area (Å²) in [5.41, 5.74) is 1.20. The van der Waals surface area contributed by atoms with Crippen molar-refractivity contribution < 1.29 is 9.63 Å². The highest BCUT2D eigenvalue weighted by molar-refractivity contribution is 5.90. The zero-order chi connectivity index (χ0) is 11.2. The molecule has 2 saturated carbocycles. The van der Waals surface area contributed by atoms with Crippen molar-refractivity contribution in [3.05, 3.63) is 0 Å². The van der Waals surface area contributed by atoms with Crippen LogP contribution in [0.25, 0.3) is 0 Å². The van der Waals surface area contributed by atoms with E-state index in [2.05, 4.69) is 5.16 Å². The molecule has 3 atom stereocenters. The predicted molar refractivity (Wildman–Crippen MR) is 61.2 cm³/mol. The van der Waals surface area contributed by atoms with Gasteiger partial charge in [-0.1, -0.05) is 18.0 Å². The molecule has 88 valence electrons. The Morgan fingerprint density at radius 3 is 2.75 bits per heavy atom. The third kappa shape index (κ3) is 1.48. The lowest BCUT2D eigenvalue weighted by molar-refractivity contribution is -0.116. The van der Waals surface area contributed by atoms with Gasteiger partial charge in [-0.15, -0.1) is 0 Å². The molecule has 1 heterocycles. The van der Waals surface area contributed by atoms with Gasteiger partial charge in [0, 0.05) is 24.7 Å². The van der Waals surface area contributed by atoms with E-state index in [0.717, 1.165) is 30.4 Å². The maximum atomic E-state index is 10.9. The molecule has 16 heavy (non-hydrogen) atoms. The van der Waals surface area contributed by atoms with Gasteiger partial charge in [0.05, 0.1) is 5.71 Å². The van der Waals surface area contributed by atoms with E-state index < -0.39 is 0 Å². The van der Waals surface area contributed by atoms with Gasteiger partial charge in [0.25, 0.3) is 0 Å². The molecule has 3 rings (SSSR count). The summed E-state index contributed by atoms with van der Waals surface area (Å²) in [5, 5.41) is 4.21. The Balaban J connectivity index is 1.58. The predicted octanol–water partition coefficient (Wildman–Crippen LogP) is 2.69. The largest absolute Gasteiger partial charge is 0.388 e. The van der Waals surface area contributed by atoms with Crippen LogP contribution in [0.2, 0.25) is 0 Å². The Kier molecular flexibility index (Phi) is 2.30. The van der Waals surface area contributed by atoms with Gasteiger partial charge in [-0.3, -0.25) is 0 Å². The van der Waals surface area contributed by atoms with Crippen LogP contribution in [0.1, 0.15) is 51.9 Å². The van der Waals surface area contributed by atoms with Gasteiger partial charge in [-0.2, -0.15) is 0 Å². The van der Waals surface area contributed by atoms with Crippen molar-refractivity contribution in [3.63, 3.8) is 0 Å². The van der Waals surface area contributed by atoms with E-state index in [1.54, 1.807) is 6.92 Å². The van der Waals surface area contributed by atoms with Gasteiger partial charge in [0.2, 0.25) is 0 Å². The topological polar surface area (TPSA) is 38.7 Å². The summed E-state index contributed by atoms with van der Waals surface area (Å²) in [4.78, 5) is 16.7. The van der Waals surface area contributed by atoms with Gasteiger partial charge >= 0.3 is 0 Å². The van der Waals surface area contributed by atoms with E-state index in [0.29, 0.717) is 6.42 Å². The van der Waals surface area contributed by atoms with E-state index in [1.807, 2.05) is 0 Å². The summed E-state index contributed by atoms with van der Waals surface area (Å²) in [7, 11) is 0. The Hall–Kier alpha value is -0.860. The lowest BCUT2D eigenvalue weighted by atomic mass is 10.0. The second-order valence-electron chi connectivity index (χ2n) is 5.58. The van der Waals surface area contributed by atoms with Crippen LogP contribution in [0.4, 0.5) is 0 Å². The van der Waals surface area contributed by atoms with E-state index in [4.69, 9.17) is 4.84 Å². The van der Waals surface area contributed by atoms with Gasteiger partial charge in [0.15, 0.2) is 0 Å². The van der Waals surface area contributed by atoms with E-state index >= 15 is 0 Å². The highest BCUT2D eigenvalue weighted by atomic mass is 16.7. The maximum absolute atomic E-state index is 10.9. The quantitative estimate of drug-likeness (QED) is 0.735. The van der Waals surface area contributed by atoms with Gasteiger partial charge in [-0.25, -0.2) is 0 Å². The highest BCUT2D eigenvalue weighted by Gasteiger charge is 2.69. The van der Waals surface area contributed by atoms with Crippen molar-refractivity contribution >= 4 is 11.5 Å². The molecule has 0 radical (unpaired) electrons. The second kappa shape index (κ2) is 3.57. The van der Waals surface area contributed by atoms with Crippen LogP contribution in [0, 0.1) is 11.8 Å². The van der Waals surface area contributed by atoms with Crippen LogP contribution in [0.5, 0.6) is 0 Å². The summed E-state index contributed by atoms with van der Waals surface area (Å²) >= 11 is 0. The van der Waals surface area contributed by atoms with Gasteiger partial charge in [0.1, 0.15) is 11.4 Å². The number of carbonyl (C=O) groups is 1. The molecule has 3 heteroatoms. The molecule has 0 aromatic heterocycles. The van der Waals surface area contributed by atoms with Crippen LogP contribution >= 0.6 is 0 Å². The second-order valence-corrected chi connectivity index (χ2v) is 5.58. The molecular weight excluding hydrogens is 202 g/mol. The number of hydrogen-bond acceptors (Lipinski definition) is 3. The van der Waals surface area contributed by atoms with E-state index in [9.17, 15) is 4.79 Å². The summed E-state index contributed by atoms with van der Waals surface area (Å²) in [6.07, 6.45) is 7.77. The maximum Gasteiger partial charge on any atom is 0.149 e. The SMILES string of the molecule is CC(=O)CCC1=NOC2(C1)[C@@H]1CCCC[C@@H]12. The van der Waals surface area contributed by atoms with Gasteiger partial charge < -0.3 is 9.63 Å². The first-order valence-corrected chi connectivity index (χ1v) is 6.46. The van der Waals surface area contributed by atoms with Crippen molar-refractivity contribution in [2.75, 3.05) is 0 Å². The van der Waals surface area contributed by atoms with Crippen LogP contribution in [0.15, 0.2) is 5.16 Å². The normalized spacial score (nSPS) is 40.2. The van der Waals surface area contributed by atoms with E-state index in [1.165, 1.54) is 25.7 Å². The minimum atomic E-state index is 0.0859. The lowest BCUT2D eigenvalue weighted by Crippen LogP contribution is -2.14. The standard InChI is InChI=1S/C13H19NO2/c1-9(15)6-7-10-8-13(16-14-10)11-4-2-3-5-12(11)13/h11-12H,2-8H2,1H3/t11-,12+,13?. The van der Waals surface area contributed by atoms with Crippen molar-refractivity contribution in [2.45, 2.75) is 57.5 Å². The molecule has 2 fully saturated rings. The molecule has 0 saturated heterocycles. The Morgan fingerprint density at radius 2 is 2.12 bits per heavy atom. The minimum Gasteiger partial charge on any atom is -0.388 e. The van der Waals surface area contributed by atoms with Crippen LogP contribution in [-0.4, -0.2) is 17.1 Å². The van der Waals surface area contributed by atoms with Crippen LogP contribution in [-0.2, 0) is 9.63 Å². The number of hydrogen-bond donors (Lipinski definition) is 0. The van der Waals surface area contributed by atoms with Crippen LogP contribution < -0.4 is 0 Å². The Labute approximate surface area is 96.2 Å². The highest BCUT2D eigenvalue weighted by Crippen LogP contribution is 2.64. The molecule has 0 aromatic rings. The zero-order valence-corrected chi connectivity index (χ0v) is 9.87. The lowest BCUT2D eigenvalue weighted by Gasteiger charge is -2.06. The summed E-state index contributed by atoms with van der Waals surface area (Å²) in [6, 6.07) is 0. The molecule has 1 aliphatic heterocycles. The summed E-state index contributed by atoms with van der Waals surface area (Å²) < 4.78 is 0. The zero-order valence-electron chi connectivity index (χ0n) is 9.87. The third-order valence-corrected chi connectivity index (χ3v) is 4.50. The first-order valence-electron chi connectivity index (χ1n) is 6.46. The number of rotatable bonds is 3. The first-order chi connectivity index (χ1) is 7.72. The minimum absolute atomic E-state index is 0.0859. The number of nitrogens with zero attached hydrogens (tertiary/aromatic N) is 1. The summed E-state index contributed by atoms with van der Waals surface area (Å²) in [5.74, 6) is 1.77. The summed E-state index contributed by atoms with van der Waals surface area (Å²) in [6.45, 7) is 1.64. The number of Topliss-reactive ketones (excluding diaryl/α,β-unsaturated/α-hetero) is 1. The first kappa shape index (κ1) is 10.3. The van der Waals surface area contributed by atoms with Crippen molar-refractivity contribution in [1.82, 2.24) is 0 Å². The van der Waals surface area contributed by atoms with Crippen molar-refractivity contribution in [3.8, 4) is 0 Å². The molecule has 2 aliphatic carbocycles. The molecule has 1 spiro atoms. The number of oxime groups is 1. The molecule has 3 nitrogen and oxygen atoms in total. The molecule has 3 aliphatic rings. The fourth-order valence-electron chi connectivity index (χ4n) is 3.58. The van der Waals surface area contributed by atoms with Crippen molar-refractivity contribution in [2.24, 2.45) is 17.0 Å². The molecule has 0 amide bonds. The Bertz CT molecular complexity index is 336. The molecule has 1 unspecified atom stereocenters. The van der Waals surface area contributed by atoms with Gasteiger partial charge in [-0.05, 0) is 26.2 Å². The number of ketones is 1. The number of fused-ring (bicyclic) bond motifs is 3. The molecule has 0 bridgehead atoms. The van der Waals surface area contributed by atoms with Crippen molar-refractivity contribution in [1.29, 1.82) is 0 Å². The third-order valence-electron chi connectivity index (χ3n) is 4.50. The molecular formula is C13H19NO2. The van der Waals surface area contributed by atoms with Crippen LogP contribution in [0.3, 0.4) is 0 Å². The molecule has 0 aromatic carbocycles. The fourth-order valence-corrected chi connectivity index (χ4v) is 3.58. The van der Waals surface area contributed by atoms with E-state index in [-0.39, 0.29) is 11.4 Å². The average Bonchev–Trinajstić information content (AvgIpc) is 2.69. The molecule has 0 N–H and O–H groups in total. The monoisotopic (exact) mass is 221 g/mol. The smallest absolute Gasteiger partial charge is 0.149 e. The Morgan fingerprint density at radius 1 is 1.44 bits per heavy atom. The fraction of sp³-hybridized carbons (Fsp3) is 0.846. The number of carbonyl (C=O) groups excluding carboxylic acids is 1. The average molecular weight is 221 g/mol.